The zero-order chi connectivity index (χ0) is 20.9. The molecule has 0 N–H and O–H groups in total. The first kappa shape index (κ1) is 20.7. The van der Waals surface area contributed by atoms with Crippen molar-refractivity contribution >= 4 is 11.9 Å². The smallest absolute Gasteiger partial charge is 0.225 e. The second-order valence-electron chi connectivity index (χ2n) is 8.42. The van der Waals surface area contributed by atoms with Crippen LogP contribution in [0.25, 0.3) is 11.1 Å². The fourth-order valence-electron chi connectivity index (χ4n) is 4.41. The van der Waals surface area contributed by atoms with E-state index in [1.54, 1.807) is 0 Å². The lowest BCUT2D eigenvalue weighted by atomic mass is 9.90. The molecule has 1 atom stereocenters. The Bertz CT molecular complexity index is 850. The molecule has 30 heavy (non-hydrogen) atoms. The number of carbonyl (C=O) groups is 1. The number of piperidine rings is 1. The first-order valence-electron chi connectivity index (χ1n) is 11.1. The number of amides is 1. The van der Waals surface area contributed by atoms with Crippen LogP contribution in [-0.2, 0) is 4.79 Å². The molecule has 0 radical (unpaired) electrons. The molecule has 0 aromatic carbocycles. The Labute approximate surface area is 179 Å². The largest absolute Gasteiger partial charge is 0.342 e. The Morgan fingerprint density at radius 2 is 1.90 bits per heavy atom. The zero-order valence-electron chi connectivity index (χ0n) is 18.1. The number of likely N-dealkylation sites (tertiary alicyclic amines) is 1. The van der Waals surface area contributed by atoms with Crippen LogP contribution in [0.1, 0.15) is 44.2 Å². The van der Waals surface area contributed by atoms with Crippen LogP contribution in [-0.4, -0.2) is 77.0 Å². The van der Waals surface area contributed by atoms with Crippen molar-refractivity contribution in [3.63, 3.8) is 0 Å². The number of hydrogen-bond donors (Lipinski definition) is 0. The van der Waals surface area contributed by atoms with Gasteiger partial charge in [0, 0.05) is 75.8 Å². The predicted octanol–water partition coefficient (Wildman–Crippen LogP) is 2.80. The van der Waals surface area contributed by atoms with Gasteiger partial charge in [-0.3, -0.25) is 9.78 Å². The molecule has 2 aromatic rings. The molecule has 2 aromatic heterocycles. The summed E-state index contributed by atoms with van der Waals surface area (Å²) in [6, 6.07) is 4.03. The van der Waals surface area contributed by atoms with E-state index in [1.165, 1.54) is 0 Å². The molecular weight excluding hydrogens is 376 g/mol. The van der Waals surface area contributed by atoms with Crippen molar-refractivity contribution in [1.82, 2.24) is 24.8 Å². The molecule has 0 spiro atoms. The molecule has 0 saturated carbocycles. The molecule has 7 nitrogen and oxygen atoms in total. The number of hydrogen-bond acceptors (Lipinski definition) is 6. The molecule has 7 heteroatoms. The van der Waals surface area contributed by atoms with Crippen molar-refractivity contribution < 1.29 is 4.79 Å². The third kappa shape index (κ3) is 4.61. The van der Waals surface area contributed by atoms with Gasteiger partial charge in [0.1, 0.15) is 0 Å². The van der Waals surface area contributed by atoms with Crippen LogP contribution < -0.4 is 4.90 Å². The van der Waals surface area contributed by atoms with E-state index in [-0.39, 0.29) is 11.8 Å². The molecule has 0 aliphatic carbocycles. The highest BCUT2D eigenvalue weighted by molar-refractivity contribution is 5.76. The first-order chi connectivity index (χ1) is 14.7. The van der Waals surface area contributed by atoms with Crippen molar-refractivity contribution in [3.8, 4) is 11.1 Å². The third-order valence-electron chi connectivity index (χ3n) is 6.21. The second-order valence-corrected chi connectivity index (χ2v) is 8.42. The van der Waals surface area contributed by atoms with Gasteiger partial charge < -0.3 is 14.7 Å². The van der Waals surface area contributed by atoms with Crippen LogP contribution in [0.3, 0.4) is 0 Å². The lowest BCUT2D eigenvalue weighted by molar-refractivity contribution is -0.132. The molecule has 0 bridgehead atoms. The SMILES string of the molecule is CCCC(=O)N1CCCC(c2nc(N3CCN(C)CC3)ncc2-c2ccncc2)C1. The van der Waals surface area contributed by atoms with Crippen LogP contribution in [0.4, 0.5) is 5.95 Å². The van der Waals surface area contributed by atoms with Crippen LogP contribution in [0.15, 0.2) is 30.7 Å². The van der Waals surface area contributed by atoms with E-state index in [2.05, 4.69) is 28.8 Å². The Morgan fingerprint density at radius 3 is 2.63 bits per heavy atom. The van der Waals surface area contributed by atoms with Gasteiger partial charge >= 0.3 is 0 Å². The first-order valence-corrected chi connectivity index (χ1v) is 11.1. The van der Waals surface area contributed by atoms with E-state index in [0.717, 1.165) is 81.3 Å². The van der Waals surface area contributed by atoms with E-state index in [4.69, 9.17) is 9.97 Å². The van der Waals surface area contributed by atoms with Gasteiger partial charge in [-0.1, -0.05) is 6.92 Å². The molecule has 4 rings (SSSR count). The maximum atomic E-state index is 12.5. The monoisotopic (exact) mass is 408 g/mol. The third-order valence-corrected chi connectivity index (χ3v) is 6.21. The van der Waals surface area contributed by atoms with Crippen molar-refractivity contribution in [3.05, 3.63) is 36.4 Å². The van der Waals surface area contributed by atoms with Crippen LogP contribution in [0.5, 0.6) is 0 Å². The lowest BCUT2D eigenvalue weighted by Gasteiger charge is -2.35. The van der Waals surface area contributed by atoms with Gasteiger partial charge in [0.05, 0.1) is 5.69 Å². The molecular formula is C23H32N6O. The Morgan fingerprint density at radius 1 is 1.13 bits per heavy atom. The van der Waals surface area contributed by atoms with Gasteiger partial charge in [-0.05, 0) is 44.0 Å². The molecule has 2 aliphatic heterocycles. The Hall–Kier alpha value is -2.54. The van der Waals surface area contributed by atoms with E-state index in [1.807, 2.05) is 35.6 Å². The Balaban J connectivity index is 1.66. The summed E-state index contributed by atoms with van der Waals surface area (Å²) in [6.07, 6.45) is 9.18. The number of aromatic nitrogens is 3. The fourth-order valence-corrected chi connectivity index (χ4v) is 4.41. The quantitative estimate of drug-likeness (QED) is 0.758. The van der Waals surface area contributed by atoms with Gasteiger partial charge in [0.25, 0.3) is 0 Å². The summed E-state index contributed by atoms with van der Waals surface area (Å²) >= 11 is 0. The topological polar surface area (TPSA) is 65.5 Å². The molecule has 4 heterocycles. The van der Waals surface area contributed by atoms with E-state index < -0.39 is 0 Å². The van der Waals surface area contributed by atoms with Crippen LogP contribution >= 0.6 is 0 Å². The van der Waals surface area contributed by atoms with Gasteiger partial charge in [-0.2, -0.15) is 0 Å². The minimum Gasteiger partial charge on any atom is -0.342 e. The van der Waals surface area contributed by atoms with Crippen LogP contribution in [0.2, 0.25) is 0 Å². The normalized spacial score (nSPS) is 20.4. The lowest BCUT2D eigenvalue weighted by Crippen LogP contribution is -2.45. The average Bonchev–Trinajstić information content (AvgIpc) is 2.80. The summed E-state index contributed by atoms with van der Waals surface area (Å²) in [6.45, 7) is 7.59. The predicted molar refractivity (Wildman–Crippen MR) is 118 cm³/mol. The average molecular weight is 409 g/mol. The molecule has 2 aliphatic rings. The highest BCUT2D eigenvalue weighted by Crippen LogP contribution is 2.34. The number of piperazine rings is 1. The molecule has 160 valence electrons. The van der Waals surface area contributed by atoms with Crippen molar-refractivity contribution in [2.24, 2.45) is 0 Å². The minimum absolute atomic E-state index is 0.233. The number of rotatable bonds is 5. The minimum atomic E-state index is 0.233. The summed E-state index contributed by atoms with van der Waals surface area (Å²) < 4.78 is 0. The fraction of sp³-hybridized carbons (Fsp3) is 0.565. The standard InChI is InChI=1S/C23H32N6O/c1-3-5-21(30)29-11-4-6-19(17-29)22-20(18-7-9-24-10-8-18)16-25-23(26-22)28-14-12-27(2)13-15-28/h7-10,16,19H,3-6,11-15,17H2,1-2H3. The highest BCUT2D eigenvalue weighted by atomic mass is 16.2. The second kappa shape index (κ2) is 9.51. The maximum absolute atomic E-state index is 12.5. The van der Waals surface area contributed by atoms with Crippen molar-refractivity contribution in [2.75, 3.05) is 51.2 Å². The number of anilines is 1. The van der Waals surface area contributed by atoms with E-state index >= 15 is 0 Å². The zero-order valence-corrected chi connectivity index (χ0v) is 18.1. The summed E-state index contributed by atoms with van der Waals surface area (Å²) in [5.74, 6) is 1.31. The maximum Gasteiger partial charge on any atom is 0.225 e. The molecule has 1 unspecified atom stereocenters. The van der Waals surface area contributed by atoms with E-state index in [9.17, 15) is 4.79 Å². The van der Waals surface area contributed by atoms with Gasteiger partial charge in [0.2, 0.25) is 11.9 Å². The van der Waals surface area contributed by atoms with Gasteiger partial charge in [0.15, 0.2) is 0 Å². The molecule has 1 amide bonds. The van der Waals surface area contributed by atoms with E-state index in [0.29, 0.717) is 6.42 Å². The summed E-state index contributed by atoms with van der Waals surface area (Å²) in [7, 11) is 2.15. The number of pyridine rings is 1. The molecule has 2 fully saturated rings. The highest BCUT2D eigenvalue weighted by Gasteiger charge is 2.28. The number of carbonyl (C=O) groups excluding carboxylic acids is 1. The summed E-state index contributed by atoms with van der Waals surface area (Å²) in [4.78, 5) is 33.2. The van der Waals surface area contributed by atoms with Crippen molar-refractivity contribution in [1.29, 1.82) is 0 Å². The van der Waals surface area contributed by atoms with Gasteiger partial charge in [-0.25, -0.2) is 9.97 Å². The Kier molecular flexibility index (Phi) is 6.57. The number of likely N-dealkylation sites (N-methyl/N-ethyl adjacent to an activating group) is 1. The summed E-state index contributed by atoms with van der Waals surface area (Å²) in [5.41, 5.74) is 3.21. The summed E-state index contributed by atoms with van der Waals surface area (Å²) in [5, 5.41) is 0. The number of nitrogens with zero attached hydrogens (tertiary/aromatic N) is 6. The van der Waals surface area contributed by atoms with Gasteiger partial charge in [-0.15, -0.1) is 0 Å². The van der Waals surface area contributed by atoms with Crippen molar-refractivity contribution in [2.45, 2.75) is 38.5 Å². The van der Waals surface area contributed by atoms with Crippen LogP contribution in [0, 0.1) is 0 Å². The molecule has 2 saturated heterocycles.